The highest BCUT2D eigenvalue weighted by Gasteiger charge is 2.36. The number of benzene rings is 3. The summed E-state index contributed by atoms with van der Waals surface area (Å²) in [5.41, 5.74) is 8.13. The van der Waals surface area contributed by atoms with Crippen LogP contribution in [0.2, 0.25) is 0 Å². The number of hydrogen-bond acceptors (Lipinski definition) is 2. The average molecular weight is 427 g/mol. The lowest BCUT2D eigenvalue weighted by molar-refractivity contribution is 0.0734. The molecule has 0 amide bonds. The third-order valence-electron chi connectivity index (χ3n) is 6.71. The molecule has 0 aliphatic heterocycles. The number of hydrogen-bond donors (Lipinski definition) is 0. The van der Waals surface area contributed by atoms with Crippen LogP contribution >= 0.6 is 0 Å². The molecule has 0 saturated heterocycles. The average Bonchev–Trinajstić information content (AvgIpc) is 2.93. The molecule has 0 fully saturated rings. The van der Waals surface area contributed by atoms with Gasteiger partial charge in [-0.25, -0.2) is 4.79 Å². The zero-order chi connectivity index (χ0) is 23.5. The Bertz CT molecular complexity index is 1180. The van der Waals surface area contributed by atoms with Gasteiger partial charge in [0, 0.05) is 5.41 Å². The maximum Gasteiger partial charge on any atom is 0.343 e. The molecule has 0 saturated carbocycles. The lowest BCUT2D eigenvalue weighted by Crippen LogP contribution is -2.18. The molecule has 0 atom stereocenters. The second-order valence-electron chi connectivity index (χ2n) is 11.6. The molecule has 1 aliphatic carbocycles. The van der Waals surface area contributed by atoms with E-state index in [1.54, 1.807) is 0 Å². The molecule has 3 aromatic rings. The summed E-state index contributed by atoms with van der Waals surface area (Å²) in [4.78, 5) is 12.8. The molecule has 4 rings (SSSR count). The Morgan fingerprint density at radius 1 is 0.688 bits per heavy atom. The van der Waals surface area contributed by atoms with E-state index >= 15 is 0 Å². The van der Waals surface area contributed by atoms with Crippen molar-refractivity contribution in [3.63, 3.8) is 0 Å². The number of carbonyl (C=O) groups is 1. The Morgan fingerprint density at radius 2 is 1.19 bits per heavy atom. The maximum absolute atomic E-state index is 12.8. The van der Waals surface area contributed by atoms with E-state index in [2.05, 4.69) is 79.7 Å². The standard InChI is InChI=1S/C30H34O2/c1-28(2,3)20-11-9-19(10-12-20)27(31)32-22-14-16-24-23-15-13-21(29(4,5)6)17-25(23)30(7,8)26(24)18-22/h9-18H,1-8H3. The maximum atomic E-state index is 12.8. The Morgan fingerprint density at radius 3 is 1.75 bits per heavy atom. The first kappa shape index (κ1) is 22.3. The fourth-order valence-corrected chi connectivity index (χ4v) is 4.52. The first-order valence-corrected chi connectivity index (χ1v) is 11.4. The minimum absolute atomic E-state index is 0.0515. The third-order valence-corrected chi connectivity index (χ3v) is 6.71. The van der Waals surface area contributed by atoms with Gasteiger partial charge in [-0.1, -0.05) is 91.8 Å². The summed E-state index contributed by atoms with van der Waals surface area (Å²) in [6.07, 6.45) is 0. The summed E-state index contributed by atoms with van der Waals surface area (Å²) in [6, 6.07) is 20.6. The van der Waals surface area contributed by atoms with E-state index in [0.717, 1.165) is 0 Å². The smallest absolute Gasteiger partial charge is 0.343 e. The normalized spacial score (nSPS) is 14.6. The zero-order valence-corrected chi connectivity index (χ0v) is 20.6. The van der Waals surface area contributed by atoms with Gasteiger partial charge in [-0.05, 0) is 68.5 Å². The van der Waals surface area contributed by atoms with Crippen LogP contribution in [0.3, 0.4) is 0 Å². The SMILES string of the molecule is CC(C)(C)c1ccc(C(=O)Oc2ccc3c(c2)C(C)(C)c2cc(C(C)(C)C)ccc2-3)cc1. The summed E-state index contributed by atoms with van der Waals surface area (Å²) >= 11 is 0. The fourth-order valence-electron chi connectivity index (χ4n) is 4.52. The van der Waals surface area contributed by atoms with Crippen LogP contribution < -0.4 is 4.74 Å². The molecule has 0 spiro atoms. The zero-order valence-electron chi connectivity index (χ0n) is 20.6. The van der Waals surface area contributed by atoms with Gasteiger partial charge in [-0.2, -0.15) is 0 Å². The van der Waals surface area contributed by atoms with Crippen molar-refractivity contribution in [3.8, 4) is 16.9 Å². The van der Waals surface area contributed by atoms with Gasteiger partial charge < -0.3 is 4.74 Å². The second kappa shape index (κ2) is 7.33. The molecule has 2 nitrogen and oxygen atoms in total. The number of esters is 1. The van der Waals surface area contributed by atoms with E-state index in [1.807, 2.05) is 36.4 Å². The van der Waals surface area contributed by atoms with Crippen LogP contribution in [0, 0.1) is 0 Å². The molecule has 32 heavy (non-hydrogen) atoms. The van der Waals surface area contributed by atoms with Crippen molar-refractivity contribution in [2.45, 2.75) is 71.6 Å². The van der Waals surface area contributed by atoms with Crippen LogP contribution in [-0.2, 0) is 16.2 Å². The largest absolute Gasteiger partial charge is 0.423 e. The van der Waals surface area contributed by atoms with Gasteiger partial charge in [0.1, 0.15) is 5.75 Å². The van der Waals surface area contributed by atoms with Gasteiger partial charge in [0.05, 0.1) is 5.56 Å². The van der Waals surface area contributed by atoms with E-state index < -0.39 is 0 Å². The molecular formula is C30H34O2. The first-order valence-electron chi connectivity index (χ1n) is 11.4. The van der Waals surface area contributed by atoms with E-state index in [4.69, 9.17) is 4.74 Å². The molecular weight excluding hydrogens is 392 g/mol. The lowest BCUT2D eigenvalue weighted by Gasteiger charge is -2.25. The lowest BCUT2D eigenvalue weighted by atomic mass is 9.79. The quantitative estimate of drug-likeness (QED) is 0.308. The Hall–Kier alpha value is -2.87. The number of ether oxygens (including phenoxy) is 1. The van der Waals surface area contributed by atoms with Crippen LogP contribution in [0.15, 0.2) is 60.7 Å². The number of rotatable bonds is 2. The highest BCUT2D eigenvalue weighted by atomic mass is 16.5. The van der Waals surface area contributed by atoms with Crippen molar-refractivity contribution in [3.05, 3.63) is 88.5 Å². The van der Waals surface area contributed by atoms with Crippen molar-refractivity contribution in [1.82, 2.24) is 0 Å². The number of fused-ring (bicyclic) bond motifs is 3. The Balaban J connectivity index is 1.63. The van der Waals surface area contributed by atoms with E-state index in [-0.39, 0.29) is 22.2 Å². The van der Waals surface area contributed by atoms with E-state index in [9.17, 15) is 4.79 Å². The third kappa shape index (κ3) is 3.88. The first-order chi connectivity index (χ1) is 14.8. The predicted octanol–water partition coefficient (Wildman–Crippen LogP) is 7.81. The summed E-state index contributed by atoms with van der Waals surface area (Å²) in [6.45, 7) is 17.7. The fraction of sp³-hybridized carbons (Fsp3) is 0.367. The van der Waals surface area contributed by atoms with E-state index in [0.29, 0.717) is 11.3 Å². The Labute approximate surface area is 192 Å². The van der Waals surface area contributed by atoms with Crippen molar-refractivity contribution in [2.75, 3.05) is 0 Å². The monoisotopic (exact) mass is 426 g/mol. The molecule has 1 aliphatic rings. The van der Waals surface area contributed by atoms with Crippen molar-refractivity contribution in [2.24, 2.45) is 0 Å². The van der Waals surface area contributed by atoms with Crippen LogP contribution in [0.4, 0.5) is 0 Å². The summed E-state index contributed by atoms with van der Waals surface area (Å²) in [5, 5.41) is 0. The molecule has 0 aromatic heterocycles. The number of carbonyl (C=O) groups excluding carboxylic acids is 1. The van der Waals surface area contributed by atoms with Crippen LogP contribution in [0.5, 0.6) is 5.75 Å². The molecule has 0 unspecified atom stereocenters. The van der Waals surface area contributed by atoms with Crippen molar-refractivity contribution >= 4 is 5.97 Å². The molecule has 2 heteroatoms. The van der Waals surface area contributed by atoms with Crippen LogP contribution in [0.25, 0.3) is 11.1 Å². The van der Waals surface area contributed by atoms with Crippen molar-refractivity contribution < 1.29 is 9.53 Å². The van der Waals surface area contributed by atoms with Gasteiger partial charge in [0.2, 0.25) is 0 Å². The van der Waals surface area contributed by atoms with Crippen molar-refractivity contribution in [1.29, 1.82) is 0 Å². The summed E-state index contributed by atoms with van der Waals surface area (Å²) in [7, 11) is 0. The van der Waals surface area contributed by atoms with Gasteiger partial charge in [0.25, 0.3) is 0 Å². The van der Waals surface area contributed by atoms with Gasteiger partial charge in [0.15, 0.2) is 0 Å². The minimum Gasteiger partial charge on any atom is -0.423 e. The summed E-state index contributed by atoms with van der Waals surface area (Å²) in [5.74, 6) is 0.263. The summed E-state index contributed by atoms with van der Waals surface area (Å²) < 4.78 is 5.78. The molecule has 0 bridgehead atoms. The molecule has 0 radical (unpaired) electrons. The van der Waals surface area contributed by atoms with Gasteiger partial charge in [-0.15, -0.1) is 0 Å². The van der Waals surface area contributed by atoms with E-state index in [1.165, 1.54) is 33.4 Å². The molecule has 3 aromatic carbocycles. The topological polar surface area (TPSA) is 26.3 Å². The predicted molar refractivity (Wildman–Crippen MR) is 133 cm³/mol. The van der Waals surface area contributed by atoms with Crippen LogP contribution in [-0.4, -0.2) is 5.97 Å². The molecule has 0 N–H and O–H groups in total. The highest BCUT2D eigenvalue weighted by molar-refractivity contribution is 5.91. The van der Waals surface area contributed by atoms with Gasteiger partial charge in [-0.3, -0.25) is 0 Å². The second-order valence-corrected chi connectivity index (χ2v) is 11.6. The van der Waals surface area contributed by atoms with Crippen LogP contribution in [0.1, 0.15) is 88.0 Å². The minimum atomic E-state index is -0.325. The molecule has 0 heterocycles. The highest BCUT2D eigenvalue weighted by Crippen LogP contribution is 2.50. The Kier molecular flexibility index (Phi) is 5.12. The van der Waals surface area contributed by atoms with Gasteiger partial charge >= 0.3 is 5.97 Å². The molecule has 166 valence electrons.